The first kappa shape index (κ1) is 21.3. The summed E-state index contributed by atoms with van der Waals surface area (Å²) in [5, 5.41) is 10.9. The van der Waals surface area contributed by atoms with Crippen molar-refractivity contribution >= 4 is 37.6 Å². The van der Waals surface area contributed by atoms with Crippen molar-refractivity contribution in [2.24, 2.45) is 46.3 Å². The Morgan fingerprint density at radius 2 is 1.62 bits per heavy atom. The van der Waals surface area contributed by atoms with Crippen molar-refractivity contribution in [3.8, 4) is 0 Å². The molecule has 26 heavy (non-hydrogen) atoms. The number of carbonyl (C=O) groups is 1. The minimum absolute atomic E-state index is 0.0114. The van der Waals surface area contributed by atoms with Crippen molar-refractivity contribution in [2.45, 2.75) is 83.0 Å². The molecule has 0 heterocycles. The molecule has 0 radical (unpaired) electrons. The Hall–Kier alpha value is 0.590. The summed E-state index contributed by atoms with van der Waals surface area (Å²) in [6.45, 7) is 11.9. The topological polar surface area (TPSA) is 37.3 Å². The molecule has 150 valence electrons. The fourth-order valence-electron chi connectivity index (χ4n) is 7.30. The van der Waals surface area contributed by atoms with E-state index in [0.29, 0.717) is 35.4 Å². The zero-order chi connectivity index (χ0) is 19.4. The molecule has 2 unspecified atom stereocenters. The number of rotatable bonds is 2. The number of hydrogen-bond acceptors (Lipinski definition) is 2. The van der Waals surface area contributed by atoms with Crippen LogP contribution in [0.3, 0.4) is 0 Å². The predicted molar refractivity (Wildman–Crippen MR) is 115 cm³/mol. The van der Waals surface area contributed by atoms with E-state index in [1.165, 1.54) is 6.42 Å². The van der Waals surface area contributed by atoms with Crippen LogP contribution in [0.5, 0.6) is 0 Å². The van der Waals surface area contributed by atoms with Gasteiger partial charge in [-0.1, -0.05) is 66.5 Å². The number of hydrogen-bond donors (Lipinski definition) is 1. The average molecular weight is 492 g/mol. The van der Waals surface area contributed by atoms with E-state index in [1.54, 1.807) is 0 Å². The minimum Gasteiger partial charge on any atom is -0.393 e. The second-order valence-electron chi connectivity index (χ2n) is 10.5. The number of ketones is 1. The van der Waals surface area contributed by atoms with Crippen LogP contribution in [-0.4, -0.2) is 20.7 Å². The third kappa shape index (κ3) is 3.38. The van der Waals surface area contributed by atoms with Gasteiger partial charge in [-0.25, -0.2) is 0 Å². The van der Waals surface area contributed by atoms with E-state index in [4.69, 9.17) is 0 Å². The van der Waals surface area contributed by atoms with Gasteiger partial charge in [0.05, 0.1) is 6.10 Å². The molecule has 3 aliphatic carbocycles. The highest BCUT2D eigenvalue weighted by Gasteiger charge is 2.57. The fourth-order valence-corrected chi connectivity index (χ4v) is 7.98. The van der Waals surface area contributed by atoms with Gasteiger partial charge in [-0.3, -0.25) is 4.79 Å². The molecule has 0 amide bonds. The van der Waals surface area contributed by atoms with Gasteiger partial charge in [-0.2, -0.15) is 0 Å². The highest BCUT2D eigenvalue weighted by molar-refractivity contribution is 9.25. The Balaban J connectivity index is 2.02. The summed E-state index contributed by atoms with van der Waals surface area (Å²) >= 11 is 6.97. The number of aliphatic hydroxyl groups is 1. The first-order valence-electron chi connectivity index (χ1n) is 10.5. The molecule has 0 aromatic rings. The smallest absolute Gasteiger partial charge is 0.160 e. The average Bonchev–Trinajstić information content (AvgIpc) is 2.54. The molecule has 0 aromatic heterocycles. The number of Topliss-reactive ketones (excluding diaryl/α,β-unsaturated/α-hetero) is 1. The quantitative estimate of drug-likeness (QED) is 0.468. The van der Waals surface area contributed by atoms with Crippen LogP contribution in [0.15, 0.2) is 0 Å². The molecule has 0 aliphatic heterocycles. The highest BCUT2D eigenvalue weighted by atomic mass is 79.9. The highest BCUT2D eigenvalue weighted by Crippen LogP contribution is 2.61. The van der Waals surface area contributed by atoms with Crippen LogP contribution in [0.25, 0.3) is 0 Å². The third-order valence-electron chi connectivity index (χ3n) is 8.98. The van der Waals surface area contributed by atoms with Gasteiger partial charge >= 0.3 is 0 Å². The first-order chi connectivity index (χ1) is 12.0. The zero-order valence-corrected chi connectivity index (χ0v) is 20.1. The van der Waals surface area contributed by atoms with Crippen LogP contribution in [0, 0.1) is 46.3 Å². The number of carbonyl (C=O) groups excluding carboxylic acids is 1. The molecule has 0 aromatic carbocycles. The van der Waals surface area contributed by atoms with E-state index in [0.717, 1.165) is 32.1 Å². The van der Waals surface area contributed by atoms with Crippen molar-refractivity contribution < 1.29 is 9.90 Å². The normalized spacial score (nSPS) is 48.4. The molecule has 3 fully saturated rings. The summed E-state index contributed by atoms with van der Waals surface area (Å²) in [6.07, 6.45) is 6.30. The molecule has 0 spiro atoms. The van der Waals surface area contributed by atoms with E-state index in [9.17, 15) is 9.90 Å². The second-order valence-corrected chi connectivity index (χ2v) is 13.6. The van der Waals surface area contributed by atoms with Crippen molar-refractivity contribution in [2.75, 3.05) is 0 Å². The Morgan fingerprint density at radius 3 is 2.23 bits per heavy atom. The third-order valence-corrected chi connectivity index (χ3v) is 9.89. The number of fused-ring (bicyclic) bond motifs is 3. The molecule has 3 aliphatic rings. The summed E-state index contributed by atoms with van der Waals surface area (Å²) in [4.78, 5) is 13.1. The van der Waals surface area contributed by atoms with Gasteiger partial charge in [0.2, 0.25) is 0 Å². The van der Waals surface area contributed by atoms with Crippen LogP contribution in [0.4, 0.5) is 0 Å². The van der Waals surface area contributed by atoms with Gasteiger partial charge in [0, 0.05) is 5.92 Å². The Kier molecular flexibility index (Phi) is 6.10. The molecular weight excluding hydrogens is 456 g/mol. The lowest BCUT2D eigenvalue weighted by Crippen LogP contribution is -2.55. The molecule has 4 heteroatoms. The maximum atomic E-state index is 13.1. The SMILES string of the molecule is C[C@@H]1CCC(O)[C@@]2(C)CC[C@H]3[C@H](C)CC(C(=O)C(Br)Br)[C@H](C[C@H]12)C3(C)C. The zero-order valence-electron chi connectivity index (χ0n) is 17.0. The van der Waals surface area contributed by atoms with Crippen LogP contribution >= 0.6 is 31.9 Å². The largest absolute Gasteiger partial charge is 0.393 e. The predicted octanol–water partition coefficient (Wildman–Crippen LogP) is 6.18. The van der Waals surface area contributed by atoms with Gasteiger partial charge in [-0.15, -0.1) is 0 Å². The first-order valence-corrected chi connectivity index (χ1v) is 12.3. The number of alkyl halides is 2. The maximum absolute atomic E-state index is 13.1. The van der Waals surface area contributed by atoms with Gasteiger partial charge in [0.25, 0.3) is 0 Å². The Bertz CT molecular complexity index is 546. The summed E-state index contributed by atoms with van der Waals surface area (Å²) in [5.74, 6) is 3.20. The lowest BCUT2D eigenvalue weighted by atomic mass is 9.46. The Morgan fingerprint density at radius 1 is 0.962 bits per heavy atom. The van der Waals surface area contributed by atoms with Gasteiger partial charge in [0.15, 0.2) is 5.78 Å². The van der Waals surface area contributed by atoms with Crippen LogP contribution in [0.2, 0.25) is 0 Å². The van der Waals surface area contributed by atoms with E-state index in [1.807, 2.05) is 0 Å². The molecule has 2 bridgehead atoms. The number of halogens is 2. The van der Waals surface area contributed by atoms with Crippen LogP contribution in [-0.2, 0) is 4.79 Å². The lowest BCUT2D eigenvalue weighted by Gasteiger charge is -2.59. The summed E-state index contributed by atoms with van der Waals surface area (Å²) < 4.78 is -0.245. The summed E-state index contributed by atoms with van der Waals surface area (Å²) in [5.41, 5.74) is 0.188. The van der Waals surface area contributed by atoms with Crippen molar-refractivity contribution in [1.82, 2.24) is 0 Å². The minimum atomic E-state index is -0.245. The standard InChI is InChI=1S/C22H36Br2O2/c1-12-6-7-18(25)22(5)9-8-15-13(2)10-14(19(26)20(23)24)17(11-16(12)22)21(15,3)4/h12-18,20,25H,6-11H2,1-5H3/t12-,13-,14?,15+,16-,17+,18?,22+/m1/s1. The monoisotopic (exact) mass is 490 g/mol. The molecule has 3 rings (SSSR count). The van der Waals surface area contributed by atoms with Crippen LogP contribution < -0.4 is 0 Å². The molecule has 1 N–H and O–H groups in total. The summed E-state index contributed by atoms with van der Waals surface area (Å²) in [6, 6.07) is 0. The maximum Gasteiger partial charge on any atom is 0.160 e. The number of aliphatic hydroxyl groups excluding tert-OH is 1. The van der Waals surface area contributed by atoms with Gasteiger partial charge in [0.1, 0.15) is 3.74 Å². The van der Waals surface area contributed by atoms with E-state index >= 15 is 0 Å². The van der Waals surface area contributed by atoms with Gasteiger partial charge < -0.3 is 5.11 Å². The summed E-state index contributed by atoms with van der Waals surface area (Å²) in [7, 11) is 0. The Labute approximate surface area is 176 Å². The van der Waals surface area contributed by atoms with Crippen molar-refractivity contribution in [1.29, 1.82) is 0 Å². The molecule has 3 saturated carbocycles. The second kappa shape index (κ2) is 7.44. The molecule has 2 nitrogen and oxygen atoms in total. The van der Waals surface area contributed by atoms with Gasteiger partial charge in [-0.05, 0) is 78.9 Å². The van der Waals surface area contributed by atoms with Crippen LogP contribution in [0.1, 0.15) is 73.1 Å². The molecular formula is C22H36Br2O2. The lowest BCUT2D eigenvalue weighted by molar-refractivity contribution is -0.148. The van der Waals surface area contributed by atoms with Crippen molar-refractivity contribution in [3.05, 3.63) is 0 Å². The van der Waals surface area contributed by atoms with E-state index in [-0.39, 0.29) is 26.6 Å². The molecule has 8 atom stereocenters. The molecule has 0 saturated heterocycles. The fraction of sp³-hybridized carbons (Fsp3) is 0.955. The van der Waals surface area contributed by atoms with E-state index < -0.39 is 0 Å². The van der Waals surface area contributed by atoms with Crippen molar-refractivity contribution in [3.63, 3.8) is 0 Å². The van der Waals surface area contributed by atoms with E-state index in [2.05, 4.69) is 66.5 Å².